The first-order chi connectivity index (χ1) is 14.7. The minimum atomic E-state index is -0.199. The van der Waals surface area contributed by atoms with Gasteiger partial charge in [0.05, 0.1) is 6.61 Å². The van der Waals surface area contributed by atoms with E-state index >= 15 is 0 Å². The standard InChI is InChI=1S/C25H37N3O2/c1-4-6-17-30-24-12-11-21(22(19-24)8-5-2)14-16-27-15-13-20-9-7-10-23(18-20)28-25(29)26-3/h7,9-12,18-19,27H,4-6,8,13-17H2,1-3H3,(H2,26,28,29). The molecule has 0 aliphatic carbocycles. The van der Waals surface area contributed by atoms with Crippen LogP contribution in [0.5, 0.6) is 5.75 Å². The van der Waals surface area contributed by atoms with Crippen molar-refractivity contribution in [1.82, 2.24) is 10.6 Å². The largest absolute Gasteiger partial charge is 0.494 e. The highest BCUT2D eigenvalue weighted by atomic mass is 16.5. The molecule has 5 nitrogen and oxygen atoms in total. The molecule has 2 aromatic carbocycles. The Morgan fingerprint density at radius 3 is 2.53 bits per heavy atom. The predicted molar refractivity (Wildman–Crippen MR) is 126 cm³/mol. The molecular formula is C25H37N3O2. The Hall–Kier alpha value is -2.53. The summed E-state index contributed by atoms with van der Waals surface area (Å²) in [5.74, 6) is 0.994. The molecule has 0 heterocycles. The summed E-state index contributed by atoms with van der Waals surface area (Å²) in [4.78, 5) is 11.4. The molecule has 0 bridgehead atoms. The number of carbonyl (C=O) groups excluding carboxylic acids is 1. The van der Waals surface area contributed by atoms with Crippen molar-refractivity contribution in [2.45, 2.75) is 52.4 Å². The van der Waals surface area contributed by atoms with E-state index in [0.29, 0.717) is 0 Å². The van der Waals surface area contributed by atoms with Gasteiger partial charge < -0.3 is 20.7 Å². The number of rotatable bonds is 13. The van der Waals surface area contributed by atoms with Gasteiger partial charge in [-0.15, -0.1) is 0 Å². The first-order valence-electron chi connectivity index (χ1n) is 11.2. The van der Waals surface area contributed by atoms with E-state index in [9.17, 15) is 4.79 Å². The summed E-state index contributed by atoms with van der Waals surface area (Å²) >= 11 is 0. The van der Waals surface area contributed by atoms with Crippen molar-refractivity contribution in [2.75, 3.05) is 32.1 Å². The lowest BCUT2D eigenvalue weighted by Crippen LogP contribution is -2.24. The molecule has 0 saturated carbocycles. The Morgan fingerprint density at radius 1 is 0.933 bits per heavy atom. The molecule has 0 spiro atoms. The van der Waals surface area contributed by atoms with Gasteiger partial charge in [-0.05, 0) is 79.7 Å². The van der Waals surface area contributed by atoms with Crippen molar-refractivity contribution in [3.8, 4) is 5.75 Å². The number of amides is 2. The number of aryl methyl sites for hydroxylation is 1. The van der Waals surface area contributed by atoms with E-state index in [1.165, 1.54) is 16.7 Å². The summed E-state index contributed by atoms with van der Waals surface area (Å²) in [6.45, 7) is 7.05. The van der Waals surface area contributed by atoms with Gasteiger partial charge >= 0.3 is 6.03 Å². The van der Waals surface area contributed by atoms with Crippen molar-refractivity contribution < 1.29 is 9.53 Å². The zero-order valence-corrected chi connectivity index (χ0v) is 18.7. The maximum atomic E-state index is 11.4. The number of unbranched alkanes of at least 4 members (excludes halogenated alkanes) is 1. The third-order valence-electron chi connectivity index (χ3n) is 5.04. The highest BCUT2D eigenvalue weighted by Crippen LogP contribution is 2.20. The molecule has 0 fully saturated rings. The molecule has 0 aromatic heterocycles. The Balaban J connectivity index is 1.79. The molecule has 0 saturated heterocycles. The van der Waals surface area contributed by atoms with E-state index in [2.05, 4.69) is 54.1 Å². The Labute approximate surface area is 181 Å². The van der Waals surface area contributed by atoms with Crippen LogP contribution in [0.4, 0.5) is 10.5 Å². The van der Waals surface area contributed by atoms with Crippen molar-refractivity contribution >= 4 is 11.7 Å². The Morgan fingerprint density at radius 2 is 1.77 bits per heavy atom. The molecule has 0 unspecified atom stereocenters. The molecule has 3 N–H and O–H groups in total. The van der Waals surface area contributed by atoms with Gasteiger partial charge in [0.2, 0.25) is 0 Å². The maximum Gasteiger partial charge on any atom is 0.318 e. The molecular weight excluding hydrogens is 374 g/mol. The number of ether oxygens (including phenoxy) is 1. The smallest absolute Gasteiger partial charge is 0.318 e. The van der Waals surface area contributed by atoms with Gasteiger partial charge in [0.1, 0.15) is 5.75 Å². The number of hydrogen-bond acceptors (Lipinski definition) is 3. The quantitative estimate of drug-likeness (QED) is 0.409. The third kappa shape index (κ3) is 8.46. The van der Waals surface area contributed by atoms with Crippen LogP contribution in [0.1, 0.15) is 49.8 Å². The van der Waals surface area contributed by atoms with Crippen molar-refractivity contribution in [1.29, 1.82) is 0 Å². The molecule has 30 heavy (non-hydrogen) atoms. The number of carbonyl (C=O) groups is 1. The summed E-state index contributed by atoms with van der Waals surface area (Å²) in [5, 5.41) is 8.93. The normalized spacial score (nSPS) is 10.6. The zero-order valence-electron chi connectivity index (χ0n) is 18.7. The van der Waals surface area contributed by atoms with Crippen LogP contribution in [-0.4, -0.2) is 32.8 Å². The molecule has 0 radical (unpaired) electrons. The average molecular weight is 412 g/mol. The summed E-state index contributed by atoms with van der Waals surface area (Å²) < 4.78 is 5.88. The van der Waals surface area contributed by atoms with Crippen molar-refractivity contribution in [3.05, 3.63) is 59.2 Å². The van der Waals surface area contributed by atoms with E-state index in [1.807, 2.05) is 18.2 Å². The molecule has 0 aliphatic rings. The van der Waals surface area contributed by atoms with Crippen LogP contribution in [0.3, 0.4) is 0 Å². The minimum absolute atomic E-state index is 0.199. The van der Waals surface area contributed by atoms with Crippen LogP contribution in [0.15, 0.2) is 42.5 Å². The van der Waals surface area contributed by atoms with Gasteiger partial charge in [-0.25, -0.2) is 4.79 Å². The molecule has 0 aliphatic heterocycles. The summed E-state index contributed by atoms with van der Waals surface area (Å²) in [5.41, 5.74) is 4.83. The lowest BCUT2D eigenvalue weighted by atomic mass is 10.00. The predicted octanol–water partition coefficient (Wildman–Crippen LogP) is 4.94. The molecule has 5 heteroatoms. The van der Waals surface area contributed by atoms with Gasteiger partial charge in [0, 0.05) is 12.7 Å². The highest BCUT2D eigenvalue weighted by Gasteiger charge is 2.05. The van der Waals surface area contributed by atoms with Gasteiger partial charge in [-0.1, -0.05) is 44.9 Å². The minimum Gasteiger partial charge on any atom is -0.494 e. The van der Waals surface area contributed by atoms with E-state index in [1.54, 1.807) is 7.05 Å². The first-order valence-corrected chi connectivity index (χ1v) is 11.2. The van der Waals surface area contributed by atoms with E-state index < -0.39 is 0 Å². The highest BCUT2D eigenvalue weighted by molar-refractivity contribution is 5.89. The lowest BCUT2D eigenvalue weighted by molar-refractivity contribution is 0.254. The number of benzene rings is 2. The second kappa shape index (κ2) is 13.6. The topological polar surface area (TPSA) is 62.4 Å². The summed E-state index contributed by atoms with van der Waals surface area (Å²) in [6, 6.07) is 14.3. The molecule has 164 valence electrons. The third-order valence-corrected chi connectivity index (χ3v) is 5.04. The molecule has 0 atom stereocenters. The number of urea groups is 1. The molecule has 2 rings (SSSR count). The van der Waals surface area contributed by atoms with Crippen molar-refractivity contribution in [2.24, 2.45) is 0 Å². The van der Waals surface area contributed by atoms with Gasteiger partial charge in [-0.2, -0.15) is 0 Å². The van der Waals surface area contributed by atoms with Gasteiger partial charge in [0.15, 0.2) is 0 Å². The second-order valence-corrected chi connectivity index (χ2v) is 7.54. The summed E-state index contributed by atoms with van der Waals surface area (Å²) in [7, 11) is 1.61. The van der Waals surface area contributed by atoms with Crippen molar-refractivity contribution in [3.63, 3.8) is 0 Å². The zero-order chi connectivity index (χ0) is 21.6. The fourth-order valence-corrected chi connectivity index (χ4v) is 3.35. The Bertz CT molecular complexity index is 777. The average Bonchev–Trinajstić information content (AvgIpc) is 2.75. The second-order valence-electron chi connectivity index (χ2n) is 7.54. The van der Waals surface area contributed by atoms with Crippen LogP contribution in [0, 0.1) is 0 Å². The fraction of sp³-hybridized carbons (Fsp3) is 0.480. The number of hydrogen-bond donors (Lipinski definition) is 3. The van der Waals surface area contributed by atoms with E-state index in [-0.39, 0.29) is 6.03 Å². The van der Waals surface area contributed by atoms with E-state index in [4.69, 9.17) is 4.74 Å². The van der Waals surface area contributed by atoms with Crippen LogP contribution in [-0.2, 0) is 19.3 Å². The maximum absolute atomic E-state index is 11.4. The summed E-state index contributed by atoms with van der Waals surface area (Å²) in [6.07, 6.45) is 6.42. The molecule has 2 amide bonds. The number of nitrogens with one attached hydrogen (secondary N) is 3. The van der Waals surface area contributed by atoms with E-state index in [0.717, 1.165) is 69.7 Å². The monoisotopic (exact) mass is 411 g/mol. The van der Waals surface area contributed by atoms with Crippen LogP contribution in [0.2, 0.25) is 0 Å². The van der Waals surface area contributed by atoms with Gasteiger partial charge in [0.25, 0.3) is 0 Å². The fourth-order valence-electron chi connectivity index (χ4n) is 3.35. The van der Waals surface area contributed by atoms with Gasteiger partial charge in [-0.3, -0.25) is 0 Å². The van der Waals surface area contributed by atoms with Crippen LogP contribution < -0.4 is 20.7 Å². The Kier molecular flexibility index (Phi) is 10.8. The first kappa shape index (κ1) is 23.7. The van der Waals surface area contributed by atoms with Crippen LogP contribution in [0.25, 0.3) is 0 Å². The number of anilines is 1. The SMILES string of the molecule is CCCCOc1ccc(CCNCCc2cccc(NC(=O)NC)c2)c(CCC)c1. The molecule has 2 aromatic rings. The lowest BCUT2D eigenvalue weighted by Gasteiger charge is -2.13. The van der Waals surface area contributed by atoms with Crippen LogP contribution >= 0.6 is 0 Å².